The van der Waals surface area contributed by atoms with Gasteiger partial charge in [0.1, 0.15) is 5.82 Å². The molecule has 4 aromatic rings. The highest BCUT2D eigenvalue weighted by Crippen LogP contribution is 2.27. The van der Waals surface area contributed by atoms with E-state index in [9.17, 15) is 4.39 Å². The number of hydrogen-bond donors (Lipinski definition) is 0. The van der Waals surface area contributed by atoms with Crippen molar-refractivity contribution in [1.29, 1.82) is 0 Å². The van der Waals surface area contributed by atoms with Crippen LogP contribution in [0.2, 0.25) is 0 Å². The van der Waals surface area contributed by atoms with E-state index in [-0.39, 0.29) is 5.82 Å². The Balaban J connectivity index is 1.47. The van der Waals surface area contributed by atoms with Gasteiger partial charge >= 0.3 is 0 Å². The molecule has 0 N–H and O–H groups in total. The van der Waals surface area contributed by atoms with E-state index in [2.05, 4.69) is 15.2 Å². The molecule has 5 nitrogen and oxygen atoms in total. The van der Waals surface area contributed by atoms with Crippen LogP contribution in [0.4, 0.5) is 4.39 Å². The van der Waals surface area contributed by atoms with Crippen molar-refractivity contribution in [2.24, 2.45) is 0 Å². The molecule has 0 aliphatic rings. The van der Waals surface area contributed by atoms with Crippen molar-refractivity contribution >= 4 is 35.3 Å². The molecule has 0 fully saturated rings. The summed E-state index contributed by atoms with van der Waals surface area (Å²) < 4.78 is 21.3. The van der Waals surface area contributed by atoms with Crippen LogP contribution in [-0.2, 0) is 5.75 Å². The Bertz CT molecular complexity index is 1070. The molecule has 2 aromatic heterocycles. The Kier molecular flexibility index (Phi) is 4.91. The molecular weight excluding hydrogens is 391 g/mol. The van der Waals surface area contributed by atoms with Crippen LogP contribution in [0.25, 0.3) is 17.1 Å². The lowest BCUT2D eigenvalue weighted by molar-refractivity contribution is 0.391. The summed E-state index contributed by atoms with van der Waals surface area (Å²) in [6.07, 6.45) is 0. The maximum absolute atomic E-state index is 13.1. The van der Waals surface area contributed by atoms with Gasteiger partial charge in [0.15, 0.2) is 8.29 Å². The summed E-state index contributed by atoms with van der Waals surface area (Å²) in [5, 5.41) is 8.47. The fourth-order valence-electron chi connectivity index (χ4n) is 2.21. The lowest BCUT2D eigenvalue weighted by Gasteiger charge is -1.99. The molecule has 0 radical (unpaired) electrons. The summed E-state index contributed by atoms with van der Waals surface area (Å²) in [5.41, 5.74) is 1.63. The van der Waals surface area contributed by atoms with Gasteiger partial charge in [-0.15, -0.1) is 5.10 Å². The van der Waals surface area contributed by atoms with E-state index in [1.807, 2.05) is 30.3 Å². The third-order valence-electron chi connectivity index (χ3n) is 3.42. The van der Waals surface area contributed by atoms with Gasteiger partial charge in [-0.05, 0) is 36.5 Å². The predicted molar refractivity (Wildman–Crippen MR) is 102 cm³/mol. The maximum atomic E-state index is 13.1. The van der Waals surface area contributed by atoms with Gasteiger partial charge in [-0.1, -0.05) is 58.6 Å². The summed E-state index contributed by atoms with van der Waals surface area (Å²) >= 11 is 8.19. The van der Waals surface area contributed by atoms with Gasteiger partial charge in [0, 0.05) is 5.56 Å². The second kappa shape index (κ2) is 7.48. The van der Waals surface area contributed by atoms with Crippen molar-refractivity contribution in [3.8, 4) is 17.1 Å². The van der Waals surface area contributed by atoms with Crippen LogP contribution < -0.4 is 0 Å². The van der Waals surface area contributed by atoms with E-state index in [1.165, 1.54) is 35.2 Å². The molecule has 0 saturated heterocycles. The monoisotopic (exact) mass is 402 g/mol. The second-order valence-electron chi connectivity index (χ2n) is 5.19. The molecule has 0 aliphatic carbocycles. The molecule has 0 saturated carbocycles. The van der Waals surface area contributed by atoms with Gasteiger partial charge in [-0.2, -0.15) is 4.98 Å². The molecular formula is C17H11FN4OS3. The molecule has 0 bridgehead atoms. The van der Waals surface area contributed by atoms with Crippen molar-refractivity contribution in [3.05, 3.63) is 70.3 Å². The Hall–Kier alpha value is -2.36. The van der Waals surface area contributed by atoms with Gasteiger partial charge in [-0.25, -0.2) is 9.07 Å². The number of halogens is 1. The van der Waals surface area contributed by atoms with Crippen LogP contribution in [0.15, 0.2) is 63.5 Å². The Morgan fingerprint density at radius 2 is 1.88 bits per heavy atom. The van der Waals surface area contributed by atoms with Crippen LogP contribution in [0.5, 0.6) is 0 Å². The average molecular weight is 403 g/mol. The van der Waals surface area contributed by atoms with Gasteiger partial charge in [0.2, 0.25) is 11.7 Å². The normalized spacial score (nSPS) is 11.0. The molecule has 2 heterocycles. The van der Waals surface area contributed by atoms with Gasteiger partial charge in [0.05, 0.1) is 11.4 Å². The van der Waals surface area contributed by atoms with Crippen molar-refractivity contribution in [2.75, 3.05) is 0 Å². The highest BCUT2D eigenvalue weighted by molar-refractivity contribution is 8.00. The quantitative estimate of drug-likeness (QED) is 0.340. The van der Waals surface area contributed by atoms with Crippen molar-refractivity contribution in [1.82, 2.24) is 19.9 Å². The molecule has 26 heavy (non-hydrogen) atoms. The number of nitrogens with zero attached hydrogens (tertiary/aromatic N) is 4. The van der Waals surface area contributed by atoms with Crippen LogP contribution in [0.1, 0.15) is 5.89 Å². The third kappa shape index (κ3) is 3.74. The van der Waals surface area contributed by atoms with Crippen LogP contribution >= 0.6 is 35.3 Å². The number of thioether (sulfide) groups is 1. The standard InChI is InChI=1S/C17H11FN4OS3/c18-12-6-8-13(9-7-12)22-17(24)26-16(20-22)25-10-14-19-15(21-23-14)11-4-2-1-3-5-11/h1-9H,10H2. The summed E-state index contributed by atoms with van der Waals surface area (Å²) in [5.74, 6) is 1.27. The summed E-state index contributed by atoms with van der Waals surface area (Å²) in [6.45, 7) is 0. The number of aromatic nitrogens is 4. The van der Waals surface area contributed by atoms with Gasteiger partial charge in [-0.3, -0.25) is 0 Å². The number of rotatable bonds is 5. The minimum atomic E-state index is -0.296. The number of hydrogen-bond acceptors (Lipinski definition) is 7. The minimum Gasteiger partial charge on any atom is -0.338 e. The first-order valence-electron chi connectivity index (χ1n) is 7.56. The van der Waals surface area contributed by atoms with Crippen LogP contribution in [-0.4, -0.2) is 19.9 Å². The van der Waals surface area contributed by atoms with E-state index in [1.54, 1.807) is 16.8 Å². The fraction of sp³-hybridized carbons (Fsp3) is 0.0588. The highest BCUT2D eigenvalue weighted by Gasteiger charge is 2.11. The molecule has 0 spiro atoms. The maximum Gasteiger partial charge on any atom is 0.237 e. The molecule has 2 aromatic carbocycles. The number of benzene rings is 2. The Morgan fingerprint density at radius 3 is 2.65 bits per heavy atom. The van der Waals surface area contributed by atoms with E-state index >= 15 is 0 Å². The summed E-state index contributed by atoms with van der Waals surface area (Å²) in [7, 11) is 0. The zero-order chi connectivity index (χ0) is 17.9. The SMILES string of the molecule is Fc1ccc(-n2nc(SCc3nc(-c4ccccc4)no3)sc2=S)cc1. The van der Waals surface area contributed by atoms with E-state index < -0.39 is 0 Å². The van der Waals surface area contributed by atoms with Gasteiger partial charge < -0.3 is 4.52 Å². The summed E-state index contributed by atoms with van der Waals surface area (Å²) in [6, 6.07) is 15.7. The molecule has 0 unspecified atom stereocenters. The molecule has 0 amide bonds. The lowest BCUT2D eigenvalue weighted by atomic mass is 10.2. The predicted octanol–water partition coefficient (Wildman–Crippen LogP) is 5.14. The largest absolute Gasteiger partial charge is 0.338 e. The molecule has 9 heteroatoms. The van der Waals surface area contributed by atoms with Crippen molar-refractivity contribution in [2.45, 2.75) is 10.1 Å². The second-order valence-corrected chi connectivity index (χ2v) is 8.03. The lowest BCUT2D eigenvalue weighted by Crippen LogP contribution is -1.96. The van der Waals surface area contributed by atoms with E-state index in [0.717, 1.165) is 15.6 Å². The van der Waals surface area contributed by atoms with Crippen molar-refractivity contribution < 1.29 is 8.91 Å². The third-order valence-corrected chi connectivity index (χ3v) is 5.77. The highest BCUT2D eigenvalue weighted by atomic mass is 32.2. The first-order chi connectivity index (χ1) is 12.7. The smallest absolute Gasteiger partial charge is 0.237 e. The first kappa shape index (κ1) is 17.1. The Morgan fingerprint density at radius 1 is 1.12 bits per heavy atom. The van der Waals surface area contributed by atoms with Gasteiger partial charge in [0.25, 0.3) is 0 Å². The Labute approximate surface area is 161 Å². The first-order valence-corrected chi connectivity index (χ1v) is 9.77. The minimum absolute atomic E-state index is 0.296. The summed E-state index contributed by atoms with van der Waals surface area (Å²) in [4.78, 5) is 4.40. The zero-order valence-corrected chi connectivity index (χ0v) is 15.7. The zero-order valence-electron chi connectivity index (χ0n) is 13.2. The average Bonchev–Trinajstić information content (AvgIpc) is 3.28. The topological polar surface area (TPSA) is 56.7 Å². The van der Waals surface area contributed by atoms with Crippen molar-refractivity contribution in [3.63, 3.8) is 0 Å². The van der Waals surface area contributed by atoms with E-state index in [0.29, 0.717) is 21.4 Å². The molecule has 0 aliphatic heterocycles. The van der Waals surface area contributed by atoms with Crippen LogP contribution in [0, 0.1) is 9.77 Å². The fourth-order valence-corrected chi connectivity index (χ4v) is 4.40. The van der Waals surface area contributed by atoms with Crippen LogP contribution in [0.3, 0.4) is 0 Å². The molecule has 4 rings (SSSR count). The molecule has 0 atom stereocenters. The molecule has 130 valence electrons. The van der Waals surface area contributed by atoms with E-state index in [4.69, 9.17) is 16.7 Å².